The van der Waals surface area contributed by atoms with Crippen molar-refractivity contribution in [1.82, 2.24) is 0 Å². The van der Waals surface area contributed by atoms with Gasteiger partial charge in [-0.1, -0.05) is 34.4 Å². The standard InChI is InChI=1S/2C10H16O2/c2*1-8(2)5-4-6-9(3)7-10(11)12/h2*5,7H,4,6H2,1-3H3,(H,11,12)/b2*9-7+. The summed E-state index contributed by atoms with van der Waals surface area (Å²) in [7, 11) is 0. The van der Waals surface area contributed by atoms with Crippen LogP contribution in [0.3, 0.4) is 0 Å². The summed E-state index contributed by atoms with van der Waals surface area (Å²) in [5.74, 6) is -1.71. The van der Waals surface area contributed by atoms with E-state index in [2.05, 4.69) is 12.2 Å². The lowest BCUT2D eigenvalue weighted by atomic mass is 10.1. The molecule has 0 radical (unpaired) electrons. The van der Waals surface area contributed by atoms with Crippen LogP contribution in [0.5, 0.6) is 0 Å². The average molecular weight is 336 g/mol. The zero-order valence-corrected chi connectivity index (χ0v) is 15.8. The van der Waals surface area contributed by atoms with Crippen LogP contribution in [-0.2, 0) is 9.59 Å². The van der Waals surface area contributed by atoms with Crippen molar-refractivity contribution in [2.75, 3.05) is 0 Å². The Hall–Kier alpha value is -2.10. The van der Waals surface area contributed by atoms with Gasteiger partial charge in [-0.05, 0) is 67.2 Å². The number of carboxylic acid groups (broad SMARTS) is 2. The molecular formula is C20H32O4. The van der Waals surface area contributed by atoms with Gasteiger partial charge in [-0.3, -0.25) is 0 Å². The van der Waals surface area contributed by atoms with Crippen LogP contribution in [0.2, 0.25) is 0 Å². The number of hydrogen-bond donors (Lipinski definition) is 2. The number of rotatable bonds is 8. The van der Waals surface area contributed by atoms with Crippen molar-refractivity contribution in [1.29, 1.82) is 0 Å². The summed E-state index contributed by atoms with van der Waals surface area (Å²) >= 11 is 0. The van der Waals surface area contributed by atoms with Crippen molar-refractivity contribution < 1.29 is 19.8 Å². The van der Waals surface area contributed by atoms with Crippen LogP contribution in [0.4, 0.5) is 0 Å². The minimum Gasteiger partial charge on any atom is -0.478 e. The summed E-state index contributed by atoms with van der Waals surface area (Å²) in [6, 6.07) is 0. The molecule has 0 heterocycles. The van der Waals surface area contributed by atoms with Gasteiger partial charge in [0.2, 0.25) is 0 Å². The van der Waals surface area contributed by atoms with Gasteiger partial charge in [0.1, 0.15) is 0 Å². The Morgan fingerprint density at radius 1 is 0.667 bits per heavy atom. The summed E-state index contributed by atoms with van der Waals surface area (Å²) in [5, 5.41) is 16.8. The molecule has 0 rings (SSSR count). The average Bonchev–Trinajstić information content (AvgIpc) is 2.36. The lowest BCUT2D eigenvalue weighted by molar-refractivity contribution is -0.132. The first-order valence-electron chi connectivity index (χ1n) is 8.11. The number of hydrogen-bond acceptors (Lipinski definition) is 2. The fourth-order valence-electron chi connectivity index (χ4n) is 1.74. The highest BCUT2D eigenvalue weighted by molar-refractivity contribution is 5.80. The van der Waals surface area contributed by atoms with E-state index in [-0.39, 0.29) is 0 Å². The number of aliphatic carboxylic acids is 2. The van der Waals surface area contributed by atoms with E-state index in [0.29, 0.717) is 0 Å². The van der Waals surface area contributed by atoms with Gasteiger partial charge in [-0.25, -0.2) is 9.59 Å². The minimum atomic E-state index is -0.857. The predicted molar refractivity (Wildman–Crippen MR) is 100 cm³/mol. The van der Waals surface area contributed by atoms with Gasteiger partial charge in [0.05, 0.1) is 0 Å². The summed E-state index contributed by atoms with van der Waals surface area (Å²) in [6.07, 6.45) is 10.3. The van der Waals surface area contributed by atoms with Crippen LogP contribution < -0.4 is 0 Å². The topological polar surface area (TPSA) is 74.6 Å². The monoisotopic (exact) mass is 336 g/mol. The van der Waals surface area contributed by atoms with E-state index in [1.165, 1.54) is 23.3 Å². The molecule has 0 bridgehead atoms. The maximum atomic E-state index is 10.2. The molecule has 0 atom stereocenters. The van der Waals surface area contributed by atoms with Gasteiger partial charge in [0.25, 0.3) is 0 Å². The van der Waals surface area contributed by atoms with Crippen molar-refractivity contribution in [3.05, 3.63) is 46.6 Å². The molecular weight excluding hydrogens is 304 g/mol. The SMILES string of the molecule is CC(C)=CCC/C(C)=C/C(=O)O.CC(C)=CCC/C(C)=C/C(=O)O. The molecule has 136 valence electrons. The molecule has 0 aromatic carbocycles. The lowest BCUT2D eigenvalue weighted by Gasteiger charge is -1.95. The van der Waals surface area contributed by atoms with Crippen molar-refractivity contribution >= 4 is 11.9 Å². The smallest absolute Gasteiger partial charge is 0.328 e. The molecule has 0 fully saturated rings. The van der Waals surface area contributed by atoms with E-state index in [1.807, 2.05) is 41.5 Å². The molecule has 0 aliphatic heterocycles. The molecule has 4 heteroatoms. The van der Waals surface area contributed by atoms with E-state index in [4.69, 9.17) is 10.2 Å². The van der Waals surface area contributed by atoms with Crippen molar-refractivity contribution in [3.8, 4) is 0 Å². The van der Waals surface area contributed by atoms with Gasteiger partial charge in [-0.15, -0.1) is 0 Å². The second-order valence-corrected chi connectivity index (χ2v) is 6.30. The molecule has 0 saturated heterocycles. The molecule has 24 heavy (non-hydrogen) atoms. The Morgan fingerprint density at radius 3 is 1.17 bits per heavy atom. The fraction of sp³-hybridized carbons (Fsp3) is 0.500. The van der Waals surface area contributed by atoms with Crippen LogP contribution >= 0.6 is 0 Å². The highest BCUT2D eigenvalue weighted by Gasteiger charge is 1.93. The van der Waals surface area contributed by atoms with Gasteiger partial charge < -0.3 is 10.2 Å². The number of carbonyl (C=O) groups is 2. The number of allylic oxidation sites excluding steroid dienone is 6. The molecule has 0 aromatic heterocycles. The first-order valence-corrected chi connectivity index (χ1v) is 8.11. The highest BCUT2D eigenvalue weighted by Crippen LogP contribution is 2.06. The van der Waals surface area contributed by atoms with Gasteiger partial charge in [0.15, 0.2) is 0 Å². The van der Waals surface area contributed by atoms with E-state index in [1.54, 1.807) is 0 Å². The molecule has 0 aliphatic rings. The third-order valence-electron chi connectivity index (χ3n) is 2.92. The Balaban J connectivity index is 0. The molecule has 0 amide bonds. The molecule has 4 nitrogen and oxygen atoms in total. The van der Waals surface area contributed by atoms with Crippen LogP contribution in [0, 0.1) is 0 Å². The first-order chi connectivity index (χ1) is 11.0. The van der Waals surface area contributed by atoms with Crippen LogP contribution in [0.25, 0.3) is 0 Å². The van der Waals surface area contributed by atoms with Crippen LogP contribution in [-0.4, -0.2) is 22.2 Å². The normalized spacial score (nSPS) is 11.1. The Labute approximate surface area is 146 Å². The molecule has 0 aliphatic carbocycles. The maximum Gasteiger partial charge on any atom is 0.328 e. The van der Waals surface area contributed by atoms with Crippen LogP contribution in [0.1, 0.15) is 67.2 Å². The maximum absolute atomic E-state index is 10.2. The Morgan fingerprint density at radius 2 is 0.958 bits per heavy atom. The Kier molecular flexibility index (Phi) is 14.6. The van der Waals surface area contributed by atoms with Gasteiger partial charge in [0, 0.05) is 12.2 Å². The summed E-state index contributed by atoms with van der Waals surface area (Å²) in [5.41, 5.74) is 4.39. The minimum absolute atomic E-state index is 0.831. The first kappa shape index (κ1) is 24.2. The van der Waals surface area contributed by atoms with Gasteiger partial charge in [-0.2, -0.15) is 0 Å². The largest absolute Gasteiger partial charge is 0.478 e. The van der Waals surface area contributed by atoms with Gasteiger partial charge >= 0.3 is 11.9 Å². The summed E-state index contributed by atoms with van der Waals surface area (Å²) < 4.78 is 0. The third kappa shape index (κ3) is 22.2. The van der Waals surface area contributed by atoms with E-state index in [0.717, 1.165) is 36.8 Å². The van der Waals surface area contributed by atoms with Crippen LogP contribution in [0.15, 0.2) is 46.6 Å². The second kappa shape index (κ2) is 14.5. The second-order valence-electron chi connectivity index (χ2n) is 6.30. The van der Waals surface area contributed by atoms with Crippen molar-refractivity contribution in [3.63, 3.8) is 0 Å². The lowest BCUT2D eigenvalue weighted by Crippen LogP contribution is -1.89. The van der Waals surface area contributed by atoms with E-state index < -0.39 is 11.9 Å². The summed E-state index contributed by atoms with van der Waals surface area (Å²) in [4.78, 5) is 20.4. The number of carboxylic acids is 2. The molecule has 0 spiro atoms. The van der Waals surface area contributed by atoms with E-state index in [9.17, 15) is 9.59 Å². The molecule has 2 N–H and O–H groups in total. The highest BCUT2D eigenvalue weighted by atomic mass is 16.4. The fourth-order valence-corrected chi connectivity index (χ4v) is 1.74. The third-order valence-corrected chi connectivity index (χ3v) is 2.92. The zero-order chi connectivity index (χ0) is 19.1. The summed E-state index contributed by atoms with van der Waals surface area (Å²) in [6.45, 7) is 11.8. The zero-order valence-electron chi connectivity index (χ0n) is 15.8. The Bertz CT molecular complexity index is 464. The molecule has 0 aromatic rings. The molecule has 0 unspecified atom stereocenters. The van der Waals surface area contributed by atoms with Crippen molar-refractivity contribution in [2.24, 2.45) is 0 Å². The quantitative estimate of drug-likeness (QED) is 0.451. The van der Waals surface area contributed by atoms with Crippen molar-refractivity contribution in [2.45, 2.75) is 67.2 Å². The predicted octanol–water partition coefficient (Wildman–Crippen LogP) is 5.53. The van der Waals surface area contributed by atoms with E-state index >= 15 is 0 Å². The molecule has 0 saturated carbocycles.